The largest absolute Gasteiger partial charge is 0.505 e. The number of aromatic hydroxyl groups is 1. The lowest BCUT2D eigenvalue weighted by molar-refractivity contribution is -0.117. The fourth-order valence-electron chi connectivity index (χ4n) is 2.50. The van der Waals surface area contributed by atoms with E-state index in [1.54, 1.807) is 4.90 Å². The zero-order valence-electron chi connectivity index (χ0n) is 12.0. The first-order valence-electron chi connectivity index (χ1n) is 6.62. The summed E-state index contributed by atoms with van der Waals surface area (Å²) in [7, 11) is 0. The third kappa shape index (κ3) is 3.15. The lowest BCUT2D eigenvalue weighted by Crippen LogP contribution is -2.25. The zero-order chi connectivity index (χ0) is 14.9. The summed E-state index contributed by atoms with van der Waals surface area (Å²) in [5.74, 6) is 1.00. The molecule has 0 aliphatic carbocycles. The molecule has 20 heavy (non-hydrogen) atoms. The van der Waals surface area contributed by atoms with Crippen LogP contribution in [0.5, 0.6) is 5.75 Å². The summed E-state index contributed by atoms with van der Waals surface area (Å²) in [6.45, 7) is 5.87. The maximum Gasteiger partial charge on any atom is 0.227 e. The first-order chi connectivity index (χ1) is 9.38. The number of hydrogen-bond acceptors (Lipinski definition) is 4. The molecular formula is C15H19NO3S. The first kappa shape index (κ1) is 14.9. The summed E-state index contributed by atoms with van der Waals surface area (Å²) in [5, 5.41) is 10.2. The van der Waals surface area contributed by atoms with Gasteiger partial charge in [-0.15, -0.1) is 0 Å². The standard InChI is InChI=1S/C15H19NO3S/c1-9-4-10(2)15(19)13(5-9)16-7-12(6-14(16)18)8-20-11(3)17/h4-5,12,19H,6-8H2,1-3H3. The van der Waals surface area contributed by atoms with Crippen molar-refractivity contribution in [3.8, 4) is 5.75 Å². The van der Waals surface area contributed by atoms with Gasteiger partial charge in [-0.2, -0.15) is 0 Å². The van der Waals surface area contributed by atoms with Crippen molar-refractivity contribution in [3.63, 3.8) is 0 Å². The van der Waals surface area contributed by atoms with Gasteiger partial charge in [-0.1, -0.05) is 17.8 Å². The number of carbonyl (C=O) groups excluding carboxylic acids is 2. The van der Waals surface area contributed by atoms with Gasteiger partial charge in [-0.3, -0.25) is 9.59 Å². The summed E-state index contributed by atoms with van der Waals surface area (Å²) >= 11 is 1.26. The number of thioether (sulfide) groups is 1. The molecule has 1 heterocycles. The Kier molecular flexibility index (Phi) is 4.38. The Morgan fingerprint density at radius 1 is 1.45 bits per heavy atom. The van der Waals surface area contributed by atoms with Crippen molar-refractivity contribution in [2.75, 3.05) is 17.2 Å². The lowest BCUT2D eigenvalue weighted by atomic mass is 10.1. The van der Waals surface area contributed by atoms with Crippen LogP contribution >= 0.6 is 11.8 Å². The average molecular weight is 293 g/mol. The van der Waals surface area contributed by atoms with Crippen molar-refractivity contribution >= 4 is 28.5 Å². The molecule has 0 saturated carbocycles. The summed E-state index contributed by atoms with van der Waals surface area (Å²) in [5.41, 5.74) is 2.38. The number of aryl methyl sites for hydroxylation is 2. The number of hydrogen-bond donors (Lipinski definition) is 1. The topological polar surface area (TPSA) is 57.6 Å². The molecule has 1 aliphatic rings. The highest BCUT2D eigenvalue weighted by Crippen LogP contribution is 2.36. The van der Waals surface area contributed by atoms with E-state index in [0.717, 1.165) is 11.1 Å². The van der Waals surface area contributed by atoms with Crippen LogP contribution in [-0.4, -0.2) is 28.4 Å². The van der Waals surface area contributed by atoms with Crippen molar-refractivity contribution in [2.24, 2.45) is 5.92 Å². The number of amides is 1. The van der Waals surface area contributed by atoms with Crippen molar-refractivity contribution < 1.29 is 14.7 Å². The molecule has 2 rings (SSSR count). The number of phenols is 1. The van der Waals surface area contributed by atoms with Gasteiger partial charge in [-0.25, -0.2) is 0 Å². The molecule has 1 saturated heterocycles. The molecular weight excluding hydrogens is 274 g/mol. The van der Waals surface area contributed by atoms with Crippen molar-refractivity contribution in [2.45, 2.75) is 27.2 Å². The van der Waals surface area contributed by atoms with E-state index < -0.39 is 0 Å². The van der Waals surface area contributed by atoms with Gasteiger partial charge in [0.25, 0.3) is 0 Å². The second kappa shape index (κ2) is 5.87. The molecule has 108 valence electrons. The van der Waals surface area contributed by atoms with Gasteiger partial charge in [0, 0.05) is 25.6 Å². The minimum atomic E-state index is 0.0134. The molecule has 1 atom stereocenters. The summed E-state index contributed by atoms with van der Waals surface area (Å²) < 4.78 is 0. The molecule has 1 amide bonds. The number of carbonyl (C=O) groups is 2. The SMILES string of the molecule is CC(=O)SCC1CC(=O)N(c2cc(C)cc(C)c2O)C1. The normalized spacial score (nSPS) is 18.6. The number of anilines is 1. The Bertz CT molecular complexity index is 556. The molecule has 4 nitrogen and oxygen atoms in total. The van der Waals surface area contributed by atoms with E-state index in [1.807, 2.05) is 26.0 Å². The number of benzene rings is 1. The van der Waals surface area contributed by atoms with Crippen LogP contribution in [0.3, 0.4) is 0 Å². The Morgan fingerprint density at radius 3 is 2.80 bits per heavy atom. The summed E-state index contributed by atoms with van der Waals surface area (Å²) in [6.07, 6.45) is 0.437. The molecule has 0 bridgehead atoms. The number of nitrogens with zero attached hydrogens (tertiary/aromatic N) is 1. The van der Waals surface area contributed by atoms with Gasteiger partial charge in [0.2, 0.25) is 5.91 Å². The van der Waals surface area contributed by atoms with Gasteiger partial charge in [-0.05, 0) is 37.0 Å². The van der Waals surface area contributed by atoms with Crippen LogP contribution in [0.15, 0.2) is 12.1 Å². The monoisotopic (exact) mass is 293 g/mol. The Balaban J connectivity index is 2.18. The Hall–Kier alpha value is -1.49. The van der Waals surface area contributed by atoms with Crippen LogP contribution in [0.2, 0.25) is 0 Å². The van der Waals surface area contributed by atoms with Crippen molar-refractivity contribution in [1.29, 1.82) is 0 Å². The van der Waals surface area contributed by atoms with Crippen LogP contribution < -0.4 is 4.90 Å². The van der Waals surface area contributed by atoms with Gasteiger partial charge in [0.05, 0.1) is 5.69 Å². The minimum Gasteiger partial charge on any atom is -0.505 e. The number of phenolic OH excluding ortho intramolecular Hbond substituents is 1. The molecule has 1 fully saturated rings. The Morgan fingerprint density at radius 2 is 2.15 bits per heavy atom. The molecule has 0 radical (unpaired) electrons. The van der Waals surface area contributed by atoms with Crippen molar-refractivity contribution in [3.05, 3.63) is 23.3 Å². The van der Waals surface area contributed by atoms with E-state index in [2.05, 4.69) is 0 Å². The fraction of sp³-hybridized carbons (Fsp3) is 0.467. The van der Waals surface area contributed by atoms with Crippen LogP contribution in [0.1, 0.15) is 24.5 Å². The highest BCUT2D eigenvalue weighted by molar-refractivity contribution is 8.13. The van der Waals surface area contributed by atoms with Gasteiger partial charge in [0.1, 0.15) is 5.75 Å². The Labute approximate surface area is 123 Å². The van der Waals surface area contributed by atoms with E-state index in [0.29, 0.717) is 24.4 Å². The smallest absolute Gasteiger partial charge is 0.227 e. The predicted octanol–water partition coefficient (Wildman–Crippen LogP) is 2.64. The molecule has 5 heteroatoms. The summed E-state index contributed by atoms with van der Waals surface area (Å²) in [4.78, 5) is 24.8. The third-order valence-corrected chi connectivity index (χ3v) is 4.49. The van der Waals surface area contributed by atoms with Crippen LogP contribution in [-0.2, 0) is 9.59 Å². The van der Waals surface area contributed by atoms with E-state index in [1.165, 1.54) is 18.7 Å². The average Bonchev–Trinajstić information content (AvgIpc) is 2.72. The van der Waals surface area contributed by atoms with E-state index in [9.17, 15) is 14.7 Å². The van der Waals surface area contributed by atoms with Crippen LogP contribution in [0, 0.1) is 19.8 Å². The summed E-state index contributed by atoms with van der Waals surface area (Å²) in [6, 6.07) is 3.73. The van der Waals surface area contributed by atoms with E-state index in [-0.39, 0.29) is 22.7 Å². The molecule has 0 aromatic heterocycles. The predicted molar refractivity (Wildman–Crippen MR) is 81.2 cm³/mol. The van der Waals surface area contributed by atoms with E-state index in [4.69, 9.17) is 0 Å². The second-order valence-corrected chi connectivity index (χ2v) is 6.52. The third-order valence-electron chi connectivity index (χ3n) is 3.44. The molecule has 1 N–H and O–H groups in total. The van der Waals surface area contributed by atoms with Gasteiger partial charge >= 0.3 is 0 Å². The lowest BCUT2D eigenvalue weighted by Gasteiger charge is -2.20. The van der Waals surface area contributed by atoms with Crippen LogP contribution in [0.25, 0.3) is 0 Å². The molecule has 1 aromatic carbocycles. The highest BCUT2D eigenvalue weighted by Gasteiger charge is 2.32. The van der Waals surface area contributed by atoms with Gasteiger partial charge < -0.3 is 10.0 Å². The van der Waals surface area contributed by atoms with Crippen molar-refractivity contribution in [1.82, 2.24) is 0 Å². The highest BCUT2D eigenvalue weighted by atomic mass is 32.2. The minimum absolute atomic E-state index is 0.0134. The molecule has 1 aliphatic heterocycles. The number of rotatable bonds is 3. The first-order valence-corrected chi connectivity index (χ1v) is 7.61. The molecule has 1 aromatic rings. The molecule has 1 unspecified atom stereocenters. The van der Waals surface area contributed by atoms with Crippen LogP contribution in [0.4, 0.5) is 5.69 Å². The zero-order valence-corrected chi connectivity index (χ0v) is 12.8. The maximum atomic E-state index is 12.1. The maximum absolute atomic E-state index is 12.1. The second-order valence-electron chi connectivity index (χ2n) is 5.33. The fourth-order valence-corrected chi connectivity index (χ4v) is 3.20. The quantitative estimate of drug-likeness (QED) is 0.931. The van der Waals surface area contributed by atoms with Gasteiger partial charge in [0.15, 0.2) is 5.12 Å². The van der Waals surface area contributed by atoms with E-state index >= 15 is 0 Å². The molecule has 0 spiro atoms.